The van der Waals surface area contributed by atoms with E-state index in [4.69, 9.17) is 21.1 Å². The van der Waals surface area contributed by atoms with Gasteiger partial charge >= 0.3 is 0 Å². The van der Waals surface area contributed by atoms with E-state index in [2.05, 4.69) is 18.7 Å². The number of hydrogen-bond acceptors (Lipinski definition) is 4. The second-order valence-corrected chi connectivity index (χ2v) is 5.96. The molecular formula is C16H22ClNO3. The zero-order valence-electron chi connectivity index (χ0n) is 12.5. The van der Waals surface area contributed by atoms with Gasteiger partial charge in [-0.1, -0.05) is 11.6 Å². The maximum absolute atomic E-state index is 11.0. The Balaban J connectivity index is 1.76. The third-order valence-electron chi connectivity index (χ3n) is 3.47. The first-order valence-corrected chi connectivity index (χ1v) is 7.71. The highest BCUT2D eigenvalue weighted by Crippen LogP contribution is 2.21. The second kappa shape index (κ2) is 7.78. The van der Waals surface area contributed by atoms with E-state index in [1.807, 2.05) is 0 Å². The summed E-state index contributed by atoms with van der Waals surface area (Å²) in [5.41, 5.74) is 0.496. The average molecular weight is 312 g/mol. The second-order valence-electron chi connectivity index (χ2n) is 5.52. The average Bonchev–Trinajstić information content (AvgIpc) is 2.43. The number of carbonyl (C=O) groups is 1. The van der Waals surface area contributed by atoms with Crippen molar-refractivity contribution in [3.05, 3.63) is 28.8 Å². The molecule has 1 aromatic rings. The summed E-state index contributed by atoms with van der Waals surface area (Å²) in [6.07, 6.45) is 2.26. The molecule has 1 fully saturated rings. The molecule has 1 heterocycles. The predicted octanol–water partition coefficient (Wildman–Crippen LogP) is 3.03. The zero-order valence-corrected chi connectivity index (χ0v) is 13.3. The molecule has 1 aromatic carbocycles. The van der Waals surface area contributed by atoms with E-state index in [0.717, 1.165) is 32.3 Å². The zero-order chi connectivity index (χ0) is 15.2. The highest BCUT2D eigenvalue weighted by Gasteiger charge is 2.21. The van der Waals surface area contributed by atoms with Gasteiger partial charge < -0.3 is 9.47 Å². The summed E-state index contributed by atoms with van der Waals surface area (Å²) in [4.78, 5) is 13.4. The first-order chi connectivity index (χ1) is 10.1. The highest BCUT2D eigenvalue weighted by atomic mass is 35.5. The maximum atomic E-state index is 11.0. The Kier molecular flexibility index (Phi) is 6.03. The van der Waals surface area contributed by atoms with Gasteiger partial charge in [0.25, 0.3) is 0 Å². The summed E-state index contributed by atoms with van der Waals surface area (Å²) in [5, 5.41) is 0.542. The predicted molar refractivity (Wildman–Crippen MR) is 83.4 cm³/mol. The Morgan fingerprint density at radius 1 is 1.38 bits per heavy atom. The molecule has 0 aliphatic carbocycles. The molecule has 2 atom stereocenters. The highest BCUT2D eigenvalue weighted by molar-refractivity contribution is 6.30. The molecule has 1 saturated heterocycles. The van der Waals surface area contributed by atoms with Crippen molar-refractivity contribution in [2.75, 3.05) is 26.2 Å². The molecule has 1 aliphatic heterocycles. The molecule has 4 nitrogen and oxygen atoms in total. The van der Waals surface area contributed by atoms with Gasteiger partial charge in [-0.25, -0.2) is 0 Å². The fraction of sp³-hybridized carbons (Fsp3) is 0.562. The molecule has 0 amide bonds. The van der Waals surface area contributed by atoms with Crippen molar-refractivity contribution in [1.82, 2.24) is 4.90 Å². The van der Waals surface area contributed by atoms with Gasteiger partial charge in [0.05, 0.1) is 24.4 Å². The van der Waals surface area contributed by atoms with Crippen molar-refractivity contribution in [3.63, 3.8) is 0 Å². The normalized spacial score (nSPS) is 23.0. The Morgan fingerprint density at radius 3 is 2.76 bits per heavy atom. The quantitative estimate of drug-likeness (QED) is 0.598. The van der Waals surface area contributed by atoms with E-state index in [0.29, 0.717) is 22.9 Å². The van der Waals surface area contributed by atoms with Crippen molar-refractivity contribution in [1.29, 1.82) is 0 Å². The van der Waals surface area contributed by atoms with Crippen LogP contribution in [-0.2, 0) is 4.74 Å². The van der Waals surface area contributed by atoms with Crippen LogP contribution in [0.3, 0.4) is 0 Å². The standard InChI is InChI=1S/C16H22ClNO3/c1-12-9-18(10-13(2)21-12)6-3-7-20-16-5-4-15(17)8-14(16)11-19/h4-5,8,11-13H,3,6-7,9-10H2,1-2H3/t12-,13-/m1/s1. The monoisotopic (exact) mass is 311 g/mol. The van der Waals surface area contributed by atoms with Crippen LogP contribution in [0.25, 0.3) is 0 Å². The largest absolute Gasteiger partial charge is 0.493 e. The number of aldehydes is 1. The molecule has 21 heavy (non-hydrogen) atoms. The molecule has 0 spiro atoms. The summed E-state index contributed by atoms with van der Waals surface area (Å²) < 4.78 is 11.4. The molecule has 116 valence electrons. The van der Waals surface area contributed by atoms with Gasteiger partial charge in [-0.2, -0.15) is 0 Å². The number of benzene rings is 1. The van der Waals surface area contributed by atoms with Gasteiger partial charge in [0, 0.05) is 24.7 Å². The van der Waals surface area contributed by atoms with Crippen molar-refractivity contribution in [3.8, 4) is 5.75 Å². The van der Waals surface area contributed by atoms with Crippen LogP contribution >= 0.6 is 11.6 Å². The molecule has 2 rings (SSSR count). The number of morpholine rings is 1. The third kappa shape index (κ3) is 4.99. The lowest BCUT2D eigenvalue weighted by atomic mass is 10.2. The fourth-order valence-corrected chi connectivity index (χ4v) is 2.86. The first-order valence-electron chi connectivity index (χ1n) is 7.34. The minimum atomic E-state index is 0.285. The lowest BCUT2D eigenvalue weighted by Crippen LogP contribution is -2.45. The van der Waals surface area contributed by atoms with Crippen molar-refractivity contribution in [2.45, 2.75) is 32.5 Å². The molecule has 1 aliphatic rings. The maximum Gasteiger partial charge on any atom is 0.153 e. The summed E-state index contributed by atoms with van der Waals surface area (Å²) in [5.74, 6) is 0.595. The van der Waals surface area contributed by atoms with Crippen LogP contribution in [0, 0.1) is 0 Å². The van der Waals surface area contributed by atoms with Gasteiger partial charge in [-0.15, -0.1) is 0 Å². The van der Waals surface area contributed by atoms with Crippen LogP contribution in [0.4, 0.5) is 0 Å². The summed E-state index contributed by atoms with van der Waals surface area (Å²) in [6.45, 7) is 7.69. The van der Waals surface area contributed by atoms with Crippen molar-refractivity contribution < 1.29 is 14.3 Å². The van der Waals surface area contributed by atoms with E-state index < -0.39 is 0 Å². The fourth-order valence-electron chi connectivity index (χ4n) is 2.68. The van der Waals surface area contributed by atoms with Gasteiger partial charge in [0.1, 0.15) is 5.75 Å². The minimum Gasteiger partial charge on any atom is -0.493 e. The first kappa shape index (κ1) is 16.3. The molecule has 0 radical (unpaired) electrons. The van der Waals surface area contributed by atoms with Crippen LogP contribution in [0.2, 0.25) is 5.02 Å². The Bertz CT molecular complexity index is 471. The van der Waals surface area contributed by atoms with E-state index in [1.165, 1.54) is 0 Å². The van der Waals surface area contributed by atoms with E-state index in [1.54, 1.807) is 18.2 Å². The molecule has 0 unspecified atom stereocenters. The van der Waals surface area contributed by atoms with Gasteiger partial charge in [-0.3, -0.25) is 9.69 Å². The smallest absolute Gasteiger partial charge is 0.153 e. The molecule has 0 N–H and O–H groups in total. The number of ether oxygens (including phenoxy) is 2. The molecule has 0 bridgehead atoms. The summed E-state index contributed by atoms with van der Waals surface area (Å²) in [7, 11) is 0. The lowest BCUT2D eigenvalue weighted by molar-refractivity contribution is -0.0686. The number of halogens is 1. The molecule has 0 aromatic heterocycles. The van der Waals surface area contributed by atoms with E-state index in [-0.39, 0.29) is 12.2 Å². The van der Waals surface area contributed by atoms with E-state index >= 15 is 0 Å². The Hall–Kier alpha value is -1.10. The molecular weight excluding hydrogens is 290 g/mol. The molecule has 5 heteroatoms. The van der Waals surface area contributed by atoms with E-state index in [9.17, 15) is 4.79 Å². The summed E-state index contributed by atoms with van der Waals surface area (Å²) >= 11 is 5.85. The van der Waals surface area contributed by atoms with Gasteiger partial charge in [0.2, 0.25) is 0 Å². The van der Waals surface area contributed by atoms with Crippen LogP contribution in [0.15, 0.2) is 18.2 Å². The van der Waals surface area contributed by atoms with Gasteiger partial charge in [-0.05, 0) is 38.5 Å². The van der Waals surface area contributed by atoms with Crippen LogP contribution in [0.1, 0.15) is 30.6 Å². The minimum absolute atomic E-state index is 0.285. The Morgan fingerprint density at radius 2 is 2.10 bits per heavy atom. The number of hydrogen-bond donors (Lipinski definition) is 0. The van der Waals surface area contributed by atoms with Gasteiger partial charge in [0.15, 0.2) is 6.29 Å². The van der Waals surface area contributed by atoms with Crippen molar-refractivity contribution >= 4 is 17.9 Å². The van der Waals surface area contributed by atoms with Crippen LogP contribution in [0.5, 0.6) is 5.75 Å². The van der Waals surface area contributed by atoms with Crippen LogP contribution < -0.4 is 4.74 Å². The number of carbonyl (C=O) groups excluding carboxylic acids is 1. The SMILES string of the molecule is C[C@@H]1CN(CCCOc2ccc(Cl)cc2C=O)C[C@@H](C)O1. The number of rotatable bonds is 6. The third-order valence-corrected chi connectivity index (χ3v) is 3.71. The topological polar surface area (TPSA) is 38.8 Å². The van der Waals surface area contributed by atoms with Crippen LogP contribution in [-0.4, -0.2) is 49.6 Å². The molecule has 0 saturated carbocycles. The lowest BCUT2D eigenvalue weighted by Gasteiger charge is -2.35. The number of nitrogens with zero attached hydrogens (tertiary/aromatic N) is 1. The Labute approximate surface area is 131 Å². The summed E-state index contributed by atoms with van der Waals surface area (Å²) in [6, 6.07) is 5.09. The van der Waals surface area contributed by atoms with Crippen molar-refractivity contribution in [2.24, 2.45) is 0 Å².